The Hall–Kier alpha value is -1.15. The van der Waals surface area contributed by atoms with Gasteiger partial charge >= 0.3 is 0 Å². The van der Waals surface area contributed by atoms with Crippen LogP contribution in [0.2, 0.25) is 5.02 Å². The molecule has 0 spiro atoms. The van der Waals surface area contributed by atoms with Gasteiger partial charge in [0.2, 0.25) is 15.9 Å². The average molecular weight is 402 g/mol. The van der Waals surface area contributed by atoms with Gasteiger partial charge in [-0.25, -0.2) is 12.7 Å². The van der Waals surface area contributed by atoms with E-state index in [9.17, 15) is 13.2 Å². The molecule has 1 aromatic carbocycles. The summed E-state index contributed by atoms with van der Waals surface area (Å²) in [5.74, 6) is 0.963. The van der Waals surface area contributed by atoms with Crippen molar-refractivity contribution in [1.29, 1.82) is 0 Å². The molecule has 0 aromatic heterocycles. The zero-order valence-electron chi connectivity index (χ0n) is 16.0. The third kappa shape index (κ3) is 4.76. The summed E-state index contributed by atoms with van der Waals surface area (Å²) in [6, 6.07) is 4.22. The van der Waals surface area contributed by atoms with Gasteiger partial charge in [0.05, 0.1) is 11.1 Å². The minimum absolute atomic E-state index is 0.0187. The smallest absolute Gasteiger partial charge is 0.244 e. The van der Waals surface area contributed by atoms with Gasteiger partial charge in [0, 0.05) is 32.9 Å². The summed E-state index contributed by atoms with van der Waals surface area (Å²) < 4.78 is 25.8. The largest absolute Gasteiger partial charge is 0.325 e. The molecule has 0 saturated carbocycles. The Balaban J connectivity index is 2.16. The molecule has 0 unspecified atom stereocenters. The first-order valence-corrected chi connectivity index (χ1v) is 10.6. The summed E-state index contributed by atoms with van der Waals surface area (Å²) in [5.41, 5.74) is 0.421. The van der Waals surface area contributed by atoms with Gasteiger partial charge in [-0.2, -0.15) is 0 Å². The molecule has 146 valence electrons. The highest BCUT2D eigenvalue weighted by Crippen LogP contribution is 2.27. The lowest BCUT2D eigenvalue weighted by Crippen LogP contribution is -2.48. The number of piperidine rings is 1. The summed E-state index contributed by atoms with van der Waals surface area (Å²) in [4.78, 5) is 14.8. The van der Waals surface area contributed by atoms with Gasteiger partial charge in [-0.1, -0.05) is 25.4 Å². The van der Waals surface area contributed by atoms with E-state index in [-0.39, 0.29) is 21.9 Å². The molecule has 1 heterocycles. The molecule has 0 bridgehead atoms. The lowest BCUT2D eigenvalue weighted by Gasteiger charge is -2.38. The summed E-state index contributed by atoms with van der Waals surface area (Å²) in [7, 11) is -0.797. The van der Waals surface area contributed by atoms with Gasteiger partial charge in [-0.3, -0.25) is 9.69 Å². The van der Waals surface area contributed by atoms with Crippen LogP contribution in [-0.2, 0) is 14.8 Å². The van der Waals surface area contributed by atoms with Crippen LogP contribution in [0.5, 0.6) is 0 Å². The van der Waals surface area contributed by atoms with E-state index >= 15 is 0 Å². The van der Waals surface area contributed by atoms with Crippen molar-refractivity contribution in [3.63, 3.8) is 0 Å². The monoisotopic (exact) mass is 401 g/mol. The molecule has 1 amide bonds. The van der Waals surface area contributed by atoms with Crippen LogP contribution in [0.25, 0.3) is 0 Å². The number of carbonyl (C=O) groups is 1. The maximum absolute atomic E-state index is 12.7. The summed E-state index contributed by atoms with van der Waals surface area (Å²) in [5, 5.41) is 2.95. The van der Waals surface area contributed by atoms with Crippen LogP contribution < -0.4 is 5.32 Å². The fourth-order valence-electron chi connectivity index (χ4n) is 3.42. The van der Waals surface area contributed by atoms with Crippen LogP contribution in [0.1, 0.15) is 27.2 Å². The van der Waals surface area contributed by atoms with Crippen molar-refractivity contribution < 1.29 is 13.2 Å². The number of benzene rings is 1. The molecule has 1 aliphatic heterocycles. The highest BCUT2D eigenvalue weighted by Gasteiger charge is 2.29. The predicted molar refractivity (Wildman–Crippen MR) is 105 cm³/mol. The molecule has 8 heteroatoms. The third-order valence-electron chi connectivity index (χ3n) is 4.78. The van der Waals surface area contributed by atoms with E-state index < -0.39 is 10.0 Å². The zero-order valence-corrected chi connectivity index (χ0v) is 17.6. The number of likely N-dealkylation sites (tertiary alicyclic amines) is 1. The molecule has 1 aromatic rings. The van der Waals surface area contributed by atoms with E-state index in [1.165, 1.54) is 32.6 Å². The van der Waals surface area contributed by atoms with Crippen molar-refractivity contribution in [3.8, 4) is 0 Å². The molecular formula is C18H28ClN3O3S. The number of hydrogen-bond acceptors (Lipinski definition) is 4. The molecule has 0 radical (unpaired) electrons. The van der Waals surface area contributed by atoms with Gasteiger partial charge in [0.25, 0.3) is 0 Å². The van der Waals surface area contributed by atoms with Crippen LogP contribution in [-0.4, -0.2) is 56.8 Å². The number of rotatable bonds is 5. The summed E-state index contributed by atoms with van der Waals surface area (Å²) in [6.45, 7) is 8.06. The van der Waals surface area contributed by atoms with E-state index in [0.717, 1.165) is 17.4 Å². The number of halogens is 1. The first-order chi connectivity index (χ1) is 12.0. The van der Waals surface area contributed by atoms with E-state index in [1.54, 1.807) is 6.07 Å². The van der Waals surface area contributed by atoms with Gasteiger partial charge in [-0.15, -0.1) is 0 Å². The molecule has 1 N–H and O–H groups in total. The second kappa shape index (κ2) is 8.25. The maximum Gasteiger partial charge on any atom is 0.244 e. The fourth-order valence-corrected chi connectivity index (χ4v) is 4.81. The van der Waals surface area contributed by atoms with E-state index in [1.807, 2.05) is 6.92 Å². The van der Waals surface area contributed by atoms with Crippen molar-refractivity contribution in [1.82, 2.24) is 9.21 Å². The second-order valence-corrected chi connectivity index (χ2v) is 10.0. The Morgan fingerprint density at radius 1 is 1.27 bits per heavy atom. The SMILES string of the molecule is C[C@@H]1C[C@@H](C)CN([C@@H](C)C(=O)Nc2ccc(Cl)c(S(=O)(=O)N(C)C)c2)C1. The number of amides is 1. The standard InChI is InChI=1S/C18H28ClN3O3S/c1-12-8-13(2)11-22(10-12)14(3)18(23)20-15-6-7-16(19)17(9-15)26(24,25)21(4)5/h6-7,9,12-14H,8,10-11H2,1-5H3,(H,20,23)/t12-,13-,14+/m1/s1. The van der Waals surface area contributed by atoms with Crippen molar-refractivity contribution in [2.45, 2.75) is 38.1 Å². The molecule has 1 fully saturated rings. The lowest BCUT2D eigenvalue weighted by atomic mass is 9.91. The molecule has 1 aliphatic rings. The Kier molecular flexibility index (Phi) is 6.71. The van der Waals surface area contributed by atoms with Crippen molar-refractivity contribution in [3.05, 3.63) is 23.2 Å². The molecule has 1 saturated heterocycles. The second-order valence-electron chi connectivity index (χ2n) is 7.50. The molecule has 6 nitrogen and oxygen atoms in total. The average Bonchev–Trinajstić information content (AvgIpc) is 2.54. The van der Waals surface area contributed by atoms with Crippen molar-refractivity contribution >= 4 is 33.2 Å². The normalized spacial score (nSPS) is 23.0. The van der Waals surface area contributed by atoms with Crippen LogP contribution in [0.15, 0.2) is 23.1 Å². The summed E-state index contributed by atoms with van der Waals surface area (Å²) in [6.07, 6.45) is 1.17. The minimum atomic E-state index is -3.68. The summed E-state index contributed by atoms with van der Waals surface area (Å²) >= 11 is 6.05. The van der Waals surface area contributed by atoms with E-state index in [2.05, 4.69) is 24.1 Å². The van der Waals surface area contributed by atoms with E-state index in [0.29, 0.717) is 17.5 Å². The van der Waals surface area contributed by atoms with Gasteiger partial charge in [0.1, 0.15) is 4.90 Å². The van der Waals surface area contributed by atoms with Crippen molar-refractivity contribution in [2.75, 3.05) is 32.5 Å². The van der Waals surface area contributed by atoms with Crippen LogP contribution in [0.3, 0.4) is 0 Å². The zero-order chi connectivity index (χ0) is 19.6. The number of carbonyl (C=O) groups excluding carboxylic acids is 1. The first-order valence-electron chi connectivity index (χ1n) is 8.79. The molecule has 26 heavy (non-hydrogen) atoms. The molecule has 0 aliphatic carbocycles. The van der Waals surface area contributed by atoms with Crippen LogP contribution >= 0.6 is 11.6 Å². The Morgan fingerprint density at radius 2 is 1.85 bits per heavy atom. The van der Waals surface area contributed by atoms with Crippen LogP contribution in [0, 0.1) is 11.8 Å². The molecule has 2 rings (SSSR count). The Morgan fingerprint density at radius 3 is 2.38 bits per heavy atom. The van der Waals surface area contributed by atoms with Gasteiger partial charge in [0.15, 0.2) is 0 Å². The highest BCUT2D eigenvalue weighted by molar-refractivity contribution is 7.89. The predicted octanol–water partition coefficient (Wildman–Crippen LogP) is 2.90. The Labute approximate surface area is 161 Å². The maximum atomic E-state index is 12.7. The number of hydrogen-bond donors (Lipinski definition) is 1. The highest BCUT2D eigenvalue weighted by atomic mass is 35.5. The third-order valence-corrected chi connectivity index (χ3v) is 7.08. The quantitative estimate of drug-likeness (QED) is 0.823. The topological polar surface area (TPSA) is 69.7 Å². The lowest BCUT2D eigenvalue weighted by molar-refractivity contribution is -0.121. The number of sulfonamides is 1. The minimum Gasteiger partial charge on any atom is -0.325 e. The number of nitrogens with zero attached hydrogens (tertiary/aromatic N) is 2. The molecular weight excluding hydrogens is 374 g/mol. The molecule has 3 atom stereocenters. The Bertz CT molecular complexity index is 757. The first kappa shape index (κ1) is 21.2. The van der Waals surface area contributed by atoms with Crippen molar-refractivity contribution in [2.24, 2.45) is 11.8 Å². The van der Waals surface area contributed by atoms with E-state index in [4.69, 9.17) is 11.6 Å². The number of anilines is 1. The fraction of sp³-hybridized carbons (Fsp3) is 0.611. The van der Waals surface area contributed by atoms with Gasteiger partial charge < -0.3 is 5.32 Å². The van der Waals surface area contributed by atoms with Crippen LogP contribution in [0.4, 0.5) is 5.69 Å². The van der Waals surface area contributed by atoms with Gasteiger partial charge in [-0.05, 0) is 43.4 Å². The number of nitrogens with one attached hydrogen (secondary N) is 1.